The lowest BCUT2D eigenvalue weighted by atomic mass is 9.95. The van der Waals surface area contributed by atoms with Gasteiger partial charge in [-0.2, -0.15) is 0 Å². The van der Waals surface area contributed by atoms with Crippen molar-refractivity contribution in [3.05, 3.63) is 71.0 Å². The van der Waals surface area contributed by atoms with Gasteiger partial charge in [-0.15, -0.1) is 0 Å². The van der Waals surface area contributed by atoms with Crippen molar-refractivity contribution in [2.24, 2.45) is 0 Å². The lowest BCUT2D eigenvalue weighted by molar-refractivity contribution is 0.546. The molecule has 0 aliphatic carbocycles. The molecule has 0 heterocycles. The summed E-state index contributed by atoms with van der Waals surface area (Å²) in [6, 6.07) is 15.4. The summed E-state index contributed by atoms with van der Waals surface area (Å²) in [5.74, 6) is 0.355. The molecule has 1 atom stereocenters. The van der Waals surface area contributed by atoms with Crippen LogP contribution in [0.15, 0.2) is 48.5 Å². The predicted octanol–water partition coefficient (Wildman–Crippen LogP) is 5.04. The first-order valence-corrected chi connectivity index (χ1v) is 7.71. The van der Waals surface area contributed by atoms with Crippen LogP contribution in [0.4, 0.5) is 4.39 Å². The molecule has 0 amide bonds. The Bertz CT molecular complexity index is 560. The van der Waals surface area contributed by atoms with Gasteiger partial charge in [0.1, 0.15) is 5.82 Å². The van der Waals surface area contributed by atoms with Crippen LogP contribution in [0.5, 0.6) is 0 Å². The molecule has 0 aromatic heterocycles. The summed E-state index contributed by atoms with van der Waals surface area (Å²) in [6.45, 7) is 7.34. The molecule has 2 aromatic carbocycles. The average Bonchev–Trinajstić information content (AvgIpc) is 2.50. The highest BCUT2D eigenvalue weighted by Crippen LogP contribution is 2.26. The number of halogens is 1. The number of hydrogen-bond donors (Lipinski definition) is 1. The van der Waals surface area contributed by atoms with E-state index in [9.17, 15) is 4.39 Å². The fraction of sp³-hybridized carbons (Fsp3) is 0.368. The molecule has 0 aliphatic heterocycles. The Labute approximate surface area is 127 Å². The summed E-state index contributed by atoms with van der Waals surface area (Å²) in [6.07, 6.45) is 1.02. The molecular formula is C19H24FN. The van der Waals surface area contributed by atoms with E-state index in [4.69, 9.17) is 0 Å². The molecule has 2 rings (SSSR count). The molecule has 1 unspecified atom stereocenters. The number of rotatable bonds is 6. The summed E-state index contributed by atoms with van der Waals surface area (Å²) >= 11 is 0. The first-order valence-electron chi connectivity index (χ1n) is 7.71. The van der Waals surface area contributed by atoms with Crippen molar-refractivity contribution < 1.29 is 4.39 Å². The standard InChI is InChI=1S/C19H24FN/c1-4-13-21-19(17-7-5-6-8-18(17)20)16-11-9-15(10-12-16)14(2)3/h5-12,14,19,21H,4,13H2,1-3H3. The van der Waals surface area contributed by atoms with E-state index in [0.717, 1.165) is 18.5 Å². The molecule has 0 radical (unpaired) electrons. The van der Waals surface area contributed by atoms with Crippen molar-refractivity contribution in [3.63, 3.8) is 0 Å². The molecular weight excluding hydrogens is 261 g/mol. The van der Waals surface area contributed by atoms with E-state index >= 15 is 0 Å². The third-order valence-electron chi connectivity index (χ3n) is 3.75. The van der Waals surface area contributed by atoms with Gasteiger partial charge >= 0.3 is 0 Å². The minimum Gasteiger partial charge on any atom is -0.306 e. The Kier molecular flexibility index (Phi) is 5.51. The third-order valence-corrected chi connectivity index (χ3v) is 3.75. The van der Waals surface area contributed by atoms with Gasteiger partial charge in [-0.1, -0.05) is 63.2 Å². The first-order chi connectivity index (χ1) is 10.1. The highest BCUT2D eigenvalue weighted by atomic mass is 19.1. The van der Waals surface area contributed by atoms with Gasteiger partial charge in [0.05, 0.1) is 6.04 Å². The fourth-order valence-electron chi connectivity index (χ4n) is 2.48. The van der Waals surface area contributed by atoms with Crippen LogP contribution in [0.1, 0.15) is 55.8 Å². The van der Waals surface area contributed by atoms with E-state index in [1.807, 2.05) is 12.1 Å². The van der Waals surface area contributed by atoms with Crippen molar-refractivity contribution >= 4 is 0 Å². The zero-order valence-corrected chi connectivity index (χ0v) is 13.1. The summed E-state index contributed by atoms with van der Waals surface area (Å²) in [7, 11) is 0. The summed E-state index contributed by atoms with van der Waals surface area (Å²) in [5.41, 5.74) is 3.13. The third kappa shape index (κ3) is 3.92. The van der Waals surface area contributed by atoms with Crippen LogP contribution < -0.4 is 5.32 Å². The van der Waals surface area contributed by atoms with Crippen LogP contribution in [0.3, 0.4) is 0 Å². The van der Waals surface area contributed by atoms with Crippen LogP contribution in [0, 0.1) is 5.82 Å². The molecule has 1 nitrogen and oxygen atoms in total. The van der Waals surface area contributed by atoms with Gasteiger partial charge in [-0.25, -0.2) is 4.39 Å². The maximum absolute atomic E-state index is 14.1. The Morgan fingerprint density at radius 2 is 1.57 bits per heavy atom. The van der Waals surface area contributed by atoms with Gasteiger partial charge in [0.15, 0.2) is 0 Å². The zero-order valence-electron chi connectivity index (χ0n) is 13.1. The van der Waals surface area contributed by atoms with Crippen molar-refractivity contribution in [3.8, 4) is 0 Å². The van der Waals surface area contributed by atoms with Gasteiger partial charge in [0, 0.05) is 5.56 Å². The summed E-state index contributed by atoms with van der Waals surface area (Å²) in [4.78, 5) is 0. The highest BCUT2D eigenvalue weighted by molar-refractivity contribution is 5.35. The minimum absolute atomic E-state index is 0.0904. The van der Waals surface area contributed by atoms with E-state index in [-0.39, 0.29) is 11.9 Å². The normalized spacial score (nSPS) is 12.6. The Balaban J connectivity index is 2.33. The number of hydrogen-bond acceptors (Lipinski definition) is 1. The molecule has 0 fully saturated rings. The minimum atomic E-state index is -0.154. The largest absolute Gasteiger partial charge is 0.306 e. The molecule has 1 N–H and O–H groups in total. The van der Waals surface area contributed by atoms with E-state index in [0.29, 0.717) is 11.5 Å². The van der Waals surface area contributed by atoms with E-state index < -0.39 is 0 Å². The maximum Gasteiger partial charge on any atom is 0.128 e. The monoisotopic (exact) mass is 285 g/mol. The molecule has 0 bridgehead atoms. The van der Waals surface area contributed by atoms with Gasteiger partial charge in [-0.05, 0) is 36.1 Å². The van der Waals surface area contributed by atoms with Gasteiger partial charge in [0.2, 0.25) is 0 Å². The van der Waals surface area contributed by atoms with Gasteiger partial charge in [0.25, 0.3) is 0 Å². The van der Waals surface area contributed by atoms with Crippen molar-refractivity contribution in [1.29, 1.82) is 0 Å². The van der Waals surface area contributed by atoms with Crippen molar-refractivity contribution in [2.75, 3.05) is 6.54 Å². The van der Waals surface area contributed by atoms with Gasteiger partial charge < -0.3 is 5.32 Å². The summed E-state index contributed by atoms with van der Waals surface area (Å²) in [5, 5.41) is 3.45. The molecule has 21 heavy (non-hydrogen) atoms. The van der Waals surface area contributed by atoms with Crippen molar-refractivity contribution in [1.82, 2.24) is 5.32 Å². The maximum atomic E-state index is 14.1. The second kappa shape index (κ2) is 7.37. The SMILES string of the molecule is CCCNC(c1ccc(C(C)C)cc1)c1ccccc1F. The van der Waals surface area contributed by atoms with E-state index in [2.05, 4.69) is 50.4 Å². The molecule has 2 heteroatoms. The number of benzene rings is 2. The van der Waals surface area contributed by atoms with E-state index in [1.54, 1.807) is 6.07 Å². The van der Waals surface area contributed by atoms with Crippen LogP contribution in [-0.2, 0) is 0 Å². The van der Waals surface area contributed by atoms with E-state index in [1.165, 1.54) is 11.6 Å². The molecule has 0 aliphatic rings. The topological polar surface area (TPSA) is 12.0 Å². The molecule has 0 saturated carbocycles. The first kappa shape index (κ1) is 15.7. The molecule has 0 saturated heterocycles. The Morgan fingerprint density at radius 3 is 2.14 bits per heavy atom. The fourth-order valence-corrected chi connectivity index (χ4v) is 2.48. The number of nitrogens with one attached hydrogen (secondary N) is 1. The highest BCUT2D eigenvalue weighted by Gasteiger charge is 2.16. The summed E-state index contributed by atoms with van der Waals surface area (Å²) < 4.78 is 14.1. The van der Waals surface area contributed by atoms with Crippen LogP contribution in [0.25, 0.3) is 0 Å². The van der Waals surface area contributed by atoms with Crippen molar-refractivity contribution in [2.45, 2.75) is 39.2 Å². The quantitative estimate of drug-likeness (QED) is 0.784. The Hall–Kier alpha value is -1.67. The second-order valence-corrected chi connectivity index (χ2v) is 5.73. The van der Waals surface area contributed by atoms with Crippen LogP contribution >= 0.6 is 0 Å². The molecule has 0 spiro atoms. The lowest BCUT2D eigenvalue weighted by Crippen LogP contribution is -2.24. The predicted molar refractivity (Wildman–Crippen MR) is 87.1 cm³/mol. The Morgan fingerprint density at radius 1 is 0.952 bits per heavy atom. The molecule has 112 valence electrons. The molecule has 2 aromatic rings. The van der Waals surface area contributed by atoms with Crippen LogP contribution in [-0.4, -0.2) is 6.54 Å². The lowest BCUT2D eigenvalue weighted by Gasteiger charge is -2.21. The average molecular weight is 285 g/mol. The smallest absolute Gasteiger partial charge is 0.128 e. The second-order valence-electron chi connectivity index (χ2n) is 5.73. The van der Waals surface area contributed by atoms with Gasteiger partial charge in [-0.3, -0.25) is 0 Å². The zero-order chi connectivity index (χ0) is 15.2. The van der Waals surface area contributed by atoms with Crippen LogP contribution in [0.2, 0.25) is 0 Å².